The van der Waals surface area contributed by atoms with Gasteiger partial charge in [0.15, 0.2) is 0 Å². The van der Waals surface area contributed by atoms with Crippen LogP contribution in [0.1, 0.15) is 85.3 Å². The number of H-pyrrole nitrogens is 1. The molecule has 2 aromatic carbocycles. The van der Waals surface area contributed by atoms with Gasteiger partial charge in [0.1, 0.15) is 36.3 Å². The lowest BCUT2D eigenvalue weighted by molar-refractivity contribution is -0.142. The Morgan fingerprint density at radius 2 is 1.21 bits per heavy atom. The number of para-hydroxylation sites is 1. The van der Waals surface area contributed by atoms with Crippen LogP contribution in [0.25, 0.3) is 10.9 Å². The van der Waals surface area contributed by atoms with E-state index in [9.17, 15) is 43.5 Å². The Balaban J connectivity index is 1.93. The smallest absolute Gasteiger partial charge is 0.325 e. The fraction of sp³-hybridized carbons (Fsp3) is 0.511. The summed E-state index contributed by atoms with van der Waals surface area (Å²) in [6.07, 6.45) is 1.84. The van der Waals surface area contributed by atoms with Gasteiger partial charge < -0.3 is 53.5 Å². The molecule has 0 saturated heterocycles. The molecule has 18 nitrogen and oxygen atoms in total. The second-order valence-electron chi connectivity index (χ2n) is 16.8. The molecule has 63 heavy (non-hydrogen) atoms. The van der Waals surface area contributed by atoms with Gasteiger partial charge in [-0.25, -0.2) is 0 Å². The van der Waals surface area contributed by atoms with Crippen LogP contribution in [0.4, 0.5) is 0 Å². The van der Waals surface area contributed by atoms with Gasteiger partial charge in [0.05, 0.1) is 6.04 Å². The standard InChI is InChI=1S/C45H65N9O9/c1-8-26(6)38(44(61)49-27(7)45(62)63)54-42(59)34(20-24(2)3)51-41(58)35(22-29-23-48-32-17-13-12-16-30(29)32)52-40(57)33(18-19-36(47)55)50-43(60)37(25(4)5)53-39(56)31(46)21-28-14-10-9-11-15-28/h9-17,23-27,31,33-35,37-38,48H,8,18-22,46H2,1-7H3,(H2,47,55)(H,49,61)(H,50,60)(H,51,58)(H,52,57)(H,53,56)(H,54,59)(H,62,63)/t26-,27-,31-,33-,34-,35-,37-,38-/m0/s1. The Bertz CT molecular complexity index is 2050. The highest BCUT2D eigenvalue weighted by atomic mass is 16.4. The molecule has 0 aliphatic heterocycles. The van der Waals surface area contributed by atoms with Crippen molar-refractivity contribution in [3.05, 3.63) is 71.9 Å². The maximum atomic E-state index is 14.4. The van der Waals surface area contributed by atoms with Gasteiger partial charge in [-0.3, -0.25) is 38.4 Å². The van der Waals surface area contributed by atoms with E-state index < -0.39 is 101 Å². The van der Waals surface area contributed by atoms with E-state index in [0.717, 1.165) is 16.5 Å². The molecule has 18 heteroatoms. The van der Waals surface area contributed by atoms with Gasteiger partial charge in [0.2, 0.25) is 41.4 Å². The molecular weight excluding hydrogens is 811 g/mol. The maximum absolute atomic E-state index is 14.4. The maximum Gasteiger partial charge on any atom is 0.325 e. The molecule has 12 N–H and O–H groups in total. The lowest BCUT2D eigenvalue weighted by Crippen LogP contribution is -2.61. The minimum Gasteiger partial charge on any atom is -0.480 e. The molecule has 344 valence electrons. The number of benzene rings is 2. The first-order valence-electron chi connectivity index (χ1n) is 21.4. The fourth-order valence-electron chi connectivity index (χ4n) is 6.87. The number of carbonyl (C=O) groups is 8. The number of aromatic nitrogens is 1. The van der Waals surface area contributed by atoms with Crippen LogP contribution in [0.2, 0.25) is 0 Å². The normalized spacial score (nSPS) is 15.1. The Morgan fingerprint density at radius 3 is 1.81 bits per heavy atom. The quantitative estimate of drug-likeness (QED) is 0.0582. The van der Waals surface area contributed by atoms with E-state index in [4.69, 9.17) is 11.5 Å². The van der Waals surface area contributed by atoms with E-state index in [1.807, 2.05) is 75.4 Å². The van der Waals surface area contributed by atoms with Gasteiger partial charge in [0, 0.05) is 29.9 Å². The van der Waals surface area contributed by atoms with E-state index in [-0.39, 0.29) is 38.0 Å². The van der Waals surface area contributed by atoms with Crippen LogP contribution in [-0.4, -0.2) is 99.7 Å². The van der Waals surface area contributed by atoms with Crippen LogP contribution in [0.15, 0.2) is 60.8 Å². The van der Waals surface area contributed by atoms with Crippen molar-refractivity contribution >= 4 is 58.2 Å². The second-order valence-corrected chi connectivity index (χ2v) is 16.8. The number of hydrogen-bond acceptors (Lipinski definition) is 9. The molecular formula is C45H65N9O9. The molecule has 3 aromatic rings. The molecule has 0 spiro atoms. The van der Waals surface area contributed by atoms with Gasteiger partial charge >= 0.3 is 5.97 Å². The zero-order valence-electron chi connectivity index (χ0n) is 37.2. The zero-order chi connectivity index (χ0) is 47.0. The van der Waals surface area contributed by atoms with Gasteiger partial charge in [-0.2, -0.15) is 0 Å². The first-order chi connectivity index (χ1) is 29.7. The van der Waals surface area contributed by atoms with Crippen molar-refractivity contribution in [2.75, 3.05) is 0 Å². The summed E-state index contributed by atoms with van der Waals surface area (Å²) >= 11 is 0. The van der Waals surface area contributed by atoms with Crippen LogP contribution in [0.5, 0.6) is 0 Å². The summed E-state index contributed by atoms with van der Waals surface area (Å²) in [6, 6.07) is 7.98. The topological polar surface area (TPSA) is 297 Å². The van der Waals surface area contributed by atoms with E-state index in [0.29, 0.717) is 12.0 Å². The van der Waals surface area contributed by atoms with Crippen molar-refractivity contribution < 1.29 is 43.5 Å². The minimum absolute atomic E-state index is 0.0803. The summed E-state index contributed by atoms with van der Waals surface area (Å²) in [5, 5.41) is 26.1. The molecule has 3 rings (SSSR count). The van der Waals surface area contributed by atoms with E-state index in [1.165, 1.54) is 6.92 Å². The van der Waals surface area contributed by atoms with E-state index in [2.05, 4.69) is 36.9 Å². The van der Waals surface area contributed by atoms with Crippen LogP contribution < -0.4 is 43.4 Å². The molecule has 1 aromatic heterocycles. The van der Waals surface area contributed by atoms with Crippen molar-refractivity contribution in [2.24, 2.45) is 29.2 Å². The van der Waals surface area contributed by atoms with Crippen LogP contribution in [-0.2, 0) is 51.2 Å². The van der Waals surface area contributed by atoms with Crippen molar-refractivity contribution in [3.8, 4) is 0 Å². The Kier molecular flexibility index (Phi) is 19.7. The van der Waals surface area contributed by atoms with Crippen LogP contribution in [0, 0.1) is 17.8 Å². The predicted octanol–water partition coefficient (Wildman–Crippen LogP) is 1.31. The number of carboxylic acid groups (broad SMARTS) is 1. The van der Waals surface area contributed by atoms with Crippen molar-refractivity contribution in [3.63, 3.8) is 0 Å². The summed E-state index contributed by atoms with van der Waals surface area (Å²) in [6.45, 7) is 11.9. The zero-order valence-corrected chi connectivity index (χ0v) is 37.2. The largest absolute Gasteiger partial charge is 0.480 e. The number of hydrogen-bond donors (Lipinski definition) is 10. The number of aromatic amines is 1. The molecule has 8 atom stereocenters. The number of carboxylic acids is 1. The van der Waals surface area contributed by atoms with Crippen LogP contribution >= 0.6 is 0 Å². The third kappa shape index (κ3) is 15.8. The SMILES string of the molecule is CC[C@H](C)[C@H](NC(=O)[C@H](CC(C)C)NC(=O)[C@H](Cc1c[nH]c2ccccc12)NC(=O)[C@H](CCC(N)=O)NC(=O)[C@@H](NC(=O)[C@@H](N)Cc1ccccc1)C(C)C)C(=O)N[C@@H](C)C(=O)O. The van der Waals surface area contributed by atoms with Crippen molar-refractivity contribution in [1.82, 2.24) is 36.9 Å². The Morgan fingerprint density at radius 1 is 0.651 bits per heavy atom. The summed E-state index contributed by atoms with van der Waals surface area (Å²) < 4.78 is 0. The third-order valence-electron chi connectivity index (χ3n) is 10.8. The Labute approximate surface area is 368 Å². The molecule has 0 radical (unpaired) electrons. The number of aliphatic carboxylic acids is 1. The van der Waals surface area contributed by atoms with Crippen molar-refractivity contribution in [2.45, 2.75) is 129 Å². The number of fused-ring (bicyclic) bond motifs is 1. The molecule has 7 amide bonds. The third-order valence-corrected chi connectivity index (χ3v) is 10.8. The van der Waals surface area contributed by atoms with Crippen molar-refractivity contribution in [1.29, 1.82) is 0 Å². The molecule has 0 bridgehead atoms. The first kappa shape index (κ1) is 51.1. The summed E-state index contributed by atoms with van der Waals surface area (Å²) in [4.78, 5) is 110. The van der Waals surface area contributed by atoms with Gasteiger partial charge in [-0.15, -0.1) is 0 Å². The average molecular weight is 876 g/mol. The Hall–Kier alpha value is -6.30. The second kappa shape index (κ2) is 24.4. The molecule has 0 aliphatic rings. The number of amides is 7. The predicted molar refractivity (Wildman–Crippen MR) is 237 cm³/mol. The molecule has 0 aliphatic carbocycles. The highest BCUT2D eigenvalue weighted by Gasteiger charge is 2.35. The average Bonchev–Trinajstić information content (AvgIpc) is 3.64. The molecule has 0 fully saturated rings. The minimum atomic E-state index is -1.41. The number of rotatable bonds is 25. The lowest BCUT2D eigenvalue weighted by atomic mass is 9.96. The number of carbonyl (C=O) groups excluding carboxylic acids is 7. The highest BCUT2D eigenvalue weighted by Crippen LogP contribution is 2.20. The summed E-state index contributed by atoms with van der Waals surface area (Å²) in [5.74, 6) is -7.36. The monoisotopic (exact) mass is 875 g/mol. The fourth-order valence-corrected chi connectivity index (χ4v) is 6.87. The van der Waals surface area contributed by atoms with Crippen LogP contribution in [0.3, 0.4) is 0 Å². The van der Waals surface area contributed by atoms with E-state index in [1.54, 1.807) is 27.0 Å². The highest BCUT2D eigenvalue weighted by molar-refractivity contribution is 5.98. The summed E-state index contributed by atoms with van der Waals surface area (Å²) in [5.41, 5.74) is 13.9. The molecule has 1 heterocycles. The van der Waals surface area contributed by atoms with E-state index >= 15 is 0 Å². The summed E-state index contributed by atoms with van der Waals surface area (Å²) in [7, 11) is 0. The van der Waals surface area contributed by atoms with Gasteiger partial charge in [0.25, 0.3) is 0 Å². The number of nitrogens with one attached hydrogen (secondary N) is 7. The van der Waals surface area contributed by atoms with Gasteiger partial charge in [-0.1, -0.05) is 96.5 Å². The first-order valence-corrected chi connectivity index (χ1v) is 21.4. The molecule has 0 saturated carbocycles. The number of primary amides is 1. The van der Waals surface area contributed by atoms with Gasteiger partial charge in [-0.05, 0) is 61.1 Å². The number of nitrogens with two attached hydrogens (primary N) is 2. The molecule has 0 unspecified atom stereocenters. The lowest BCUT2D eigenvalue weighted by Gasteiger charge is -2.29.